The number of anilines is 2. The fourth-order valence-corrected chi connectivity index (χ4v) is 4.57. The van der Waals surface area contributed by atoms with Gasteiger partial charge in [0.05, 0.1) is 16.9 Å². The predicted molar refractivity (Wildman–Crippen MR) is 150 cm³/mol. The normalized spacial score (nSPS) is 13.4. The topological polar surface area (TPSA) is 125 Å². The van der Waals surface area contributed by atoms with Gasteiger partial charge in [-0.25, -0.2) is 24.1 Å². The summed E-state index contributed by atoms with van der Waals surface area (Å²) in [5.74, 6) is 0.188. The second-order valence-electron chi connectivity index (χ2n) is 9.38. The molecule has 0 amide bonds. The summed E-state index contributed by atoms with van der Waals surface area (Å²) in [4.78, 5) is 30.9. The highest BCUT2D eigenvalue weighted by Gasteiger charge is 2.20. The molecule has 0 radical (unpaired) electrons. The van der Waals surface area contributed by atoms with Crippen LogP contribution in [0.4, 0.5) is 16.2 Å². The van der Waals surface area contributed by atoms with Gasteiger partial charge in [-0.1, -0.05) is 6.07 Å². The van der Waals surface area contributed by atoms with E-state index in [0.717, 1.165) is 62.9 Å². The summed E-state index contributed by atoms with van der Waals surface area (Å²) in [7, 11) is 0. The fraction of sp³-hybridized carbons (Fsp3) is 0.444. The number of carboxylic acids is 1. The highest BCUT2D eigenvalue weighted by Crippen LogP contribution is 2.20. The Labute approximate surface area is 235 Å². The summed E-state index contributed by atoms with van der Waals surface area (Å²) in [5, 5.41) is 16.0. The molecule has 1 aliphatic rings. The first kappa shape index (κ1) is 28.6. The lowest BCUT2D eigenvalue weighted by Gasteiger charge is -2.24. The number of carboxylic acid groups (broad SMARTS) is 1. The number of unbranched alkanes of at least 4 members (excludes halogenated alkanes) is 1. The molecule has 0 unspecified atom stereocenters. The monoisotopic (exact) mass is 601 g/mol. The predicted octanol–water partition coefficient (Wildman–Crippen LogP) is 4.19. The van der Waals surface area contributed by atoms with Gasteiger partial charge < -0.3 is 20.5 Å². The highest BCUT2D eigenvalue weighted by molar-refractivity contribution is 9.10. The Morgan fingerprint density at radius 1 is 1.18 bits per heavy atom. The van der Waals surface area contributed by atoms with Crippen molar-refractivity contribution in [1.82, 2.24) is 24.8 Å². The van der Waals surface area contributed by atoms with Crippen LogP contribution in [0.5, 0.6) is 5.75 Å². The average molecular weight is 603 g/mol. The molecule has 208 valence electrons. The zero-order valence-electron chi connectivity index (χ0n) is 21.7. The summed E-state index contributed by atoms with van der Waals surface area (Å²) in [6.45, 7) is 3.12. The van der Waals surface area contributed by atoms with E-state index in [1.807, 2.05) is 0 Å². The average Bonchev–Trinajstić information content (AvgIpc) is 2.93. The van der Waals surface area contributed by atoms with E-state index < -0.39 is 17.8 Å². The van der Waals surface area contributed by atoms with Gasteiger partial charge in [0.25, 0.3) is 0 Å². The molecule has 0 aromatic carbocycles. The minimum Gasteiger partial charge on any atom is -0.491 e. The van der Waals surface area contributed by atoms with Gasteiger partial charge in [0.1, 0.15) is 30.0 Å². The number of ether oxygens (including phenoxy) is 1. The molecular weight excluding hydrogens is 569 g/mol. The highest BCUT2D eigenvalue weighted by atomic mass is 79.9. The SMILES string of the molecule is O=C(O)[C@H](CCN(CCCCc1ccc2c(n1)NCCC2)CCOc1cncc(F)c1)Nc1ncc(Br)cn1. The summed E-state index contributed by atoms with van der Waals surface area (Å²) in [5.41, 5.74) is 2.35. The Bertz CT molecular complexity index is 1220. The van der Waals surface area contributed by atoms with Crippen LogP contribution in [-0.4, -0.2) is 74.7 Å². The number of aliphatic carboxylic acids is 1. The van der Waals surface area contributed by atoms with Gasteiger partial charge in [0, 0.05) is 43.8 Å². The van der Waals surface area contributed by atoms with Crippen LogP contribution in [0.25, 0.3) is 0 Å². The van der Waals surface area contributed by atoms with E-state index in [1.165, 1.54) is 17.8 Å². The number of nitrogens with one attached hydrogen (secondary N) is 2. The molecule has 1 atom stereocenters. The molecule has 0 saturated heterocycles. The van der Waals surface area contributed by atoms with Crippen LogP contribution in [0.15, 0.2) is 47.5 Å². The molecule has 0 saturated carbocycles. The molecule has 1 aliphatic heterocycles. The van der Waals surface area contributed by atoms with Crippen LogP contribution < -0.4 is 15.4 Å². The number of hydrogen-bond acceptors (Lipinski definition) is 9. The zero-order chi connectivity index (χ0) is 27.5. The maximum absolute atomic E-state index is 13.4. The first-order valence-electron chi connectivity index (χ1n) is 13.1. The lowest BCUT2D eigenvalue weighted by Crippen LogP contribution is -2.37. The Morgan fingerprint density at radius 3 is 2.82 bits per heavy atom. The van der Waals surface area contributed by atoms with Crippen LogP contribution in [0.2, 0.25) is 0 Å². The Hall–Kier alpha value is -3.38. The van der Waals surface area contributed by atoms with E-state index in [2.05, 4.69) is 58.5 Å². The second kappa shape index (κ2) is 14.7. The number of aromatic nitrogens is 4. The van der Waals surface area contributed by atoms with Gasteiger partial charge in [-0.15, -0.1) is 0 Å². The molecule has 3 aromatic rings. The fourth-order valence-electron chi connectivity index (χ4n) is 4.36. The van der Waals surface area contributed by atoms with Crippen molar-refractivity contribution < 1.29 is 19.0 Å². The summed E-state index contributed by atoms with van der Waals surface area (Å²) >= 11 is 3.28. The number of hydrogen-bond donors (Lipinski definition) is 3. The van der Waals surface area contributed by atoms with Gasteiger partial charge in [0.15, 0.2) is 0 Å². The lowest BCUT2D eigenvalue weighted by molar-refractivity contribution is -0.138. The maximum atomic E-state index is 13.4. The molecule has 0 bridgehead atoms. The molecule has 3 aromatic heterocycles. The smallest absolute Gasteiger partial charge is 0.326 e. The quantitative estimate of drug-likeness (QED) is 0.218. The van der Waals surface area contributed by atoms with Crippen molar-refractivity contribution >= 4 is 33.7 Å². The van der Waals surface area contributed by atoms with E-state index >= 15 is 0 Å². The molecule has 12 heteroatoms. The van der Waals surface area contributed by atoms with Crippen LogP contribution in [0, 0.1) is 5.82 Å². The molecule has 10 nitrogen and oxygen atoms in total. The maximum Gasteiger partial charge on any atom is 0.326 e. The Balaban J connectivity index is 1.30. The Morgan fingerprint density at radius 2 is 2.03 bits per heavy atom. The number of pyridine rings is 2. The third kappa shape index (κ3) is 9.39. The number of carbonyl (C=O) groups is 1. The van der Waals surface area contributed by atoms with Crippen molar-refractivity contribution in [3.63, 3.8) is 0 Å². The number of fused-ring (bicyclic) bond motifs is 1. The van der Waals surface area contributed by atoms with Gasteiger partial charge in [-0.2, -0.15) is 0 Å². The number of rotatable bonds is 15. The molecule has 4 rings (SSSR count). The molecule has 0 spiro atoms. The third-order valence-electron chi connectivity index (χ3n) is 6.42. The standard InChI is InChI=1S/C27H33BrFN7O3/c28-20-15-32-27(33-16-20)35-24(26(37)38)8-11-36(12-13-39-23-14-21(29)17-30-18-23)10-2-1-5-22-7-6-19-4-3-9-31-25(19)34-22/h6-7,14-18,24H,1-5,8-13H2,(H,31,34)(H,37,38)(H,32,33,35)/t24-/m0/s1. The second-order valence-corrected chi connectivity index (χ2v) is 10.3. The van der Waals surface area contributed by atoms with Crippen molar-refractivity contribution in [2.24, 2.45) is 0 Å². The Kier molecular flexibility index (Phi) is 10.8. The summed E-state index contributed by atoms with van der Waals surface area (Å²) in [6.07, 6.45) is 11.0. The molecule has 0 fully saturated rings. The van der Waals surface area contributed by atoms with E-state index in [1.54, 1.807) is 12.4 Å². The lowest BCUT2D eigenvalue weighted by atomic mass is 10.1. The van der Waals surface area contributed by atoms with Crippen molar-refractivity contribution in [3.05, 3.63) is 64.5 Å². The van der Waals surface area contributed by atoms with Crippen LogP contribution in [0.3, 0.4) is 0 Å². The number of halogens is 2. The van der Waals surface area contributed by atoms with Crippen molar-refractivity contribution in [3.8, 4) is 5.75 Å². The van der Waals surface area contributed by atoms with Crippen LogP contribution >= 0.6 is 15.9 Å². The largest absolute Gasteiger partial charge is 0.491 e. The summed E-state index contributed by atoms with van der Waals surface area (Å²) < 4.78 is 19.8. The third-order valence-corrected chi connectivity index (χ3v) is 6.83. The molecule has 4 heterocycles. The van der Waals surface area contributed by atoms with E-state index in [0.29, 0.717) is 36.3 Å². The van der Waals surface area contributed by atoms with Gasteiger partial charge >= 0.3 is 5.97 Å². The summed E-state index contributed by atoms with van der Waals surface area (Å²) in [6, 6.07) is 4.72. The molecule has 39 heavy (non-hydrogen) atoms. The minimum absolute atomic E-state index is 0.256. The minimum atomic E-state index is -0.976. The van der Waals surface area contributed by atoms with Crippen molar-refractivity contribution in [1.29, 1.82) is 0 Å². The zero-order valence-corrected chi connectivity index (χ0v) is 23.2. The van der Waals surface area contributed by atoms with E-state index in [9.17, 15) is 14.3 Å². The molecule has 0 aliphatic carbocycles. The van der Waals surface area contributed by atoms with E-state index in [-0.39, 0.29) is 5.95 Å². The first-order chi connectivity index (χ1) is 19.0. The first-order valence-corrected chi connectivity index (χ1v) is 13.9. The van der Waals surface area contributed by atoms with E-state index in [4.69, 9.17) is 9.72 Å². The van der Waals surface area contributed by atoms with Crippen LogP contribution in [0.1, 0.15) is 36.9 Å². The van der Waals surface area contributed by atoms with Crippen molar-refractivity contribution in [2.45, 2.75) is 44.6 Å². The molecule has 3 N–H and O–H groups in total. The molecular formula is C27H33BrFN7O3. The number of nitrogens with zero attached hydrogens (tertiary/aromatic N) is 5. The van der Waals surface area contributed by atoms with Gasteiger partial charge in [0.2, 0.25) is 5.95 Å². The van der Waals surface area contributed by atoms with Crippen molar-refractivity contribution in [2.75, 3.05) is 43.4 Å². The van der Waals surface area contributed by atoms with Crippen LogP contribution in [-0.2, 0) is 17.6 Å². The van der Waals surface area contributed by atoms with Gasteiger partial charge in [-0.3, -0.25) is 9.88 Å². The number of aryl methyl sites for hydroxylation is 2. The van der Waals surface area contributed by atoms with Gasteiger partial charge in [-0.05, 0) is 72.6 Å².